The molecule has 6 heteroatoms. The normalized spacial score (nSPS) is 24.5. The molecule has 166 valence electrons. The molecule has 0 spiro atoms. The van der Waals surface area contributed by atoms with E-state index in [2.05, 4.69) is 18.7 Å². The SMILES string of the molecule is COc1ccc(C(=O)N2CCN(CC3(C)CC4=C(C)OC(C)=C(C)C4=C3N)CC2)cc1. The molecule has 0 radical (unpaired) electrons. The van der Waals surface area contributed by atoms with Crippen LogP contribution < -0.4 is 10.5 Å². The first-order valence-electron chi connectivity index (χ1n) is 11.0. The summed E-state index contributed by atoms with van der Waals surface area (Å²) in [5.74, 6) is 2.75. The summed E-state index contributed by atoms with van der Waals surface area (Å²) in [5, 5.41) is 0. The maximum Gasteiger partial charge on any atom is 0.253 e. The summed E-state index contributed by atoms with van der Waals surface area (Å²) in [6.45, 7) is 12.4. The predicted octanol–water partition coefficient (Wildman–Crippen LogP) is 3.67. The first kappa shape index (κ1) is 21.5. The summed E-state index contributed by atoms with van der Waals surface area (Å²) in [7, 11) is 1.63. The molecule has 4 rings (SSSR count). The number of rotatable bonds is 4. The van der Waals surface area contributed by atoms with E-state index in [9.17, 15) is 4.79 Å². The zero-order valence-electron chi connectivity index (χ0n) is 19.2. The van der Waals surface area contributed by atoms with E-state index in [0.717, 1.165) is 67.7 Å². The number of allylic oxidation sites excluding steroid dienone is 5. The zero-order chi connectivity index (χ0) is 22.3. The molecule has 1 aromatic rings. The minimum Gasteiger partial charge on any atom is -0.497 e. The van der Waals surface area contributed by atoms with Crippen molar-refractivity contribution in [3.05, 3.63) is 63.8 Å². The molecule has 0 saturated carbocycles. The molecule has 1 atom stereocenters. The van der Waals surface area contributed by atoms with Crippen molar-refractivity contribution in [1.82, 2.24) is 9.80 Å². The maximum absolute atomic E-state index is 12.9. The largest absolute Gasteiger partial charge is 0.497 e. The van der Waals surface area contributed by atoms with Gasteiger partial charge in [0.25, 0.3) is 5.91 Å². The third-order valence-corrected chi connectivity index (χ3v) is 6.99. The van der Waals surface area contributed by atoms with Crippen LogP contribution in [0.5, 0.6) is 5.75 Å². The lowest BCUT2D eigenvalue weighted by molar-refractivity contribution is 0.0593. The highest BCUT2D eigenvalue weighted by atomic mass is 16.5. The number of piperazine rings is 1. The quantitative estimate of drug-likeness (QED) is 0.800. The van der Waals surface area contributed by atoms with Crippen LogP contribution >= 0.6 is 0 Å². The Kier molecular flexibility index (Phi) is 5.60. The van der Waals surface area contributed by atoms with Crippen molar-refractivity contribution in [2.75, 3.05) is 39.8 Å². The second-order valence-electron chi connectivity index (χ2n) is 9.14. The fourth-order valence-electron chi connectivity index (χ4n) is 4.97. The second kappa shape index (κ2) is 8.08. The second-order valence-corrected chi connectivity index (χ2v) is 9.14. The van der Waals surface area contributed by atoms with Crippen molar-refractivity contribution in [1.29, 1.82) is 0 Å². The molecule has 3 aliphatic rings. The Labute approximate surface area is 185 Å². The average molecular weight is 424 g/mol. The number of carbonyl (C=O) groups is 1. The van der Waals surface area contributed by atoms with Crippen LogP contribution in [-0.2, 0) is 4.74 Å². The molecule has 1 amide bonds. The van der Waals surface area contributed by atoms with Gasteiger partial charge in [-0.25, -0.2) is 0 Å². The van der Waals surface area contributed by atoms with Crippen molar-refractivity contribution in [3.8, 4) is 5.75 Å². The fraction of sp³-hybridized carbons (Fsp3) is 0.480. The summed E-state index contributed by atoms with van der Waals surface area (Å²) in [4.78, 5) is 17.2. The van der Waals surface area contributed by atoms with Gasteiger partial charge in [-0.2, -0.15) is 0 Å². The maximum atomic E-state index is 12.9. The van der Waals surface area contributed by atoms with Crippen LogP contribution in [0.2, 0.25) is 0 Å². The topological polar surface area (TPSA) is 68.0 Å². The average Bonchev–Trinajstić information content (AvgIpc) is 3.03. The zero-order valence-corrected chi connectivity index (χ0v) is 19.2. The van der Waals surface area contributed by atoms with Crippen molar-refractivity contribution < 1.29 is 14.3 Å². The number of amides is 1. The molecule has 1 aromatic carbocycles. The monoisotopic (exact) mass is 423 g/mol. The third kappa shape index (κ3) is 3.85. The Bertz CT molecular complexity index is 982. The van der Waals surface area contributed by atoms with Crippen molar-refractivity contribution in [2.24, 2.45) is 11.1 Å². The Balaban J connectivity index is 1.41. The molecule has 1 aliphatic carbocycles. The molecule has 1 saturated heterocycles. The molecule has 6 nitrogen and oxygen atoms in total. The number of ether oxygens (including phenoxy) is 2. The highest BCUT2D eigenvalue weighted by Crippen LogP contribution is 2.50. The lowest BCUT2D eigenvalue weighted by atomic mass is 9.85. The lowest BCUT2D eigenvalue weighted by Gasteiger charge is -2.39. The highest BCUT2D eigenvalue weighted by Gasteiger charge is 2.43. The van der Waals surface area contributed by atoms with E-state index in [1.807, 2.05) is 43.0 Å². The molecular weight excluding hydrogens is 390 g/mol. The summed E-state index contributed by atoms with van der Waals surface area (Å²) in [6.07, 6.45) is 0.898. The highest BCUT2D eigenvalue weighted by molar-refractivity contribution is 5.94. The Hall–Kier alpha value is -2.73. The van der Waals surface area contributed by atoms with Gasteiger partial charge in [0, 0.05) is 60.5 Å². The van der Waals surface area contributed by atoms with E-state index in [0.29, 0.717) is 5.56 Å². The minimum absolute atomic E-state index is 0.0798. The van der Waals surface area contributed by atoms with Crippen LogP contribution in [0.15, 0.2) is 58.2 Å². The lowest BCUT2D eigenvalue weighted by Crippen LogP contribution is -2.51. The number of nitrogens with two attached hydrogens (primary N) is 1. The number of nitrogens with zero attached hydrogens (tertiary/aromatic N) is 2. The number of benzene rings is 1. The van der Waals surface area contributed by atoms with Gasteiger partial charge in [-0.1, -0.05) is 6.92 Å². The predicted molar refractivity (Wildman–Crippen MR) is 121 cm³/mol. The minimum atomic E-state index is -0.122. The molecular formula is C25H33N3O3. The van der Waals surface area contributed by atoms with Gasteiger partial charge >= 0.3 is 0 Å². The standard InChI is InChI=1S/C25H33N3O3/c1-16-17(2)31-18(3)21-14-25(4,23(26)22(16)21)15-27-10-12-28(13-11-27)24(29)19-6-8-20(30-5)9-7-19/h6-9H,10-15,26H2,1-5H3. The van der Waals surface area contributed by atoms with Gasteiger partial charge in [0.1, 0.15) is 17.3 Å². The molecule has 1 unspecified atom stereocenters. The van der Waals surface area contributed by atoms with Gasteiger partial charge in [0.2, 0.25) is 0 Å². The van der Waals surface area contributed by atoms with Crippen LogP contribution in [-0.4, -0.2) is 55.5 Å². The van der Waals surface area contributed by atoms with Crippen molar-refractivity contribution in [2.45, 2.75) is 34.1 Å². The molecule has 1 fully saturated rings. The first-order valence-corrected chi connectivity index (χ1v) is 11.0. The van der Waals surface area contributed by atoms with Crippen LogP contribution in [0.4, 0.5) is 0 Å². The number of fused-ring (bicyclic) bond motifs is 1. The van der Waals surface area contributed by atoms with Crippen molar-refractivity contribution >= 4 is 5.91 Å². The third-order valence-electron chi connectivity index (χ3n) is 6.99. The van der Waals surface area contributed by atoms with Crippen LogP contribution in [0.3, 0.4) is 0 Å². The molecule has 31 heavy (non-hydrogen) atoms. The fourth-order valence-corrected chi connectivity index (χ4v) is 4.97. The Morgan fingerprint density at radius 1 is 1.10 bits per heavy atom. The van der Waals surface area contributed by atoms with E-state index >= 15 is 0 Å². The van der Waals surface area contributed by atoms with Gasteiger partial charge in [-0.05, 0) is 57.0 Å². The number of carbonyl (C=O) groups excluding carboxylic acids is 1. The van der Waals surface area contributed by atoms with Gasteiger partial charge in [0.15, 0.2) is 0 Å². The van der Waals surface area contributed by atoms with Crippen molar-refractivity contribution in [3.63, 3.8) is 0 Å². The van der Waals surface area contributed by atoms with Gasteiger partial charge < -0.3 is 20.1 Å². The Morgan fingerprint density at radius 2 is 1.74 bits per heavy atom. The van der Waals surface area contributed by atoms with Gasteiger partial charge in [0.05, 0.1) is 7.11 Å². The Morgan fingerprint density at radius 3 is 2.35 bits per heavy atom. The number of hydrogen-bond acceptors (Lipinski definition) is 5. The molecule has 0 aromatic heterocycles. The molecule has 2 aliphatic heterocycles. The van der Waals surface area contributed by atoms with E-state index in [-0.39, 0.29) is 11.3 Å². The summed E-state index contributed by atoms with van der Waals surface area (Å²) < 4.78 is 11.1. The number of hydrogen-bond donors (Lipinski definition) is 1. The van der Waals surface area contributed by atoms with E-state index in [1.54, 1.807) is 7.11 Å². The number of methoxy groups -OCH3 is 1. The van der Waals surface area contributed by atoms with Crippen LogP contribution in [0, 0.1) is 5.41 Å². The smallest absolute Gasteiger partial charge is 0.253 e. The van der Waals surface area contributed by atoms with Crippen LogP contribution in [0.25, 0.3) is 0 Å². The summed E-state index contributed by atoms with van der Waals surface area (Å²) >= 11 is 0. The van der Waals surface area contributed by atoms with E-state index in [4.69, 9.17) is 15.2 Å². The molecule has 0 bridgehead atoms. The van der Waals surface area contributed by atoms with Gasteiger partial charge in [-0.3, -0.25) is 9.69 Å². The summed E-state index contributed by atoms with van der Waals surface area (Å²) in [5.41, 5.74) is 11.9. The molecule has 2 N–H and O–H groups in total. The van der Waals surface area contributed by atoms with Crippen LogP contribution in [0.1, 0.15) is 44.5 Å². The van der Waals surface area contributed by atoms with E-state index in [1.165, 1.54) is 11.1 Å². The first-order chi connectivity index (χ1) is 14.7. The molecule has 2 heterocycles. The van der Waals surface area contributed by atoms with Gasteiger partial charge in [-0.15, -0.1) is 0 Å². The van der Waals surface area contributed by atoms with E-state index < -0.39 is 0 Å². The summed E-state index contributed by atoms with van der Waals surface area (Å²) in [6, 6.07) is 7.33.